The highest BCUT2D eigenvalue weighted by Crippen LogP contribution is 2.37. The van der Waals surface area contributed by atoms with Gasteiger partial charge in [-0.3, -0.25) is 4.79 Å². The van der Waals surface area contributed by atoms with E-state index in [0.29, 0.717) is 5.92 Å². The lowest BCUT2D eigenvalue weighted by molar-refractivity contribution is -0.122. The number of rotatable bonds is 3. The van der Waals surface area contributed by atoms with Crippen molar-refractivity contribution in [1.82, 2.24) is 5.32 Å². The second-order valence-electron chi connectivity index (χ2n) is 4.27. The van der Waals surface area contributed by atoms with E-state index in [-0.39, 0.29) is 23.9 Å². The molecule has 0 heterocycles. The molecule has 1 amide bonds. The van der Waals surface area contributed by atoms with E-state index in [2.05, 4.69) is 5.32 Å². The molecule has 1 aliphatic carbocycles. The Morgan fingerprint density at radius 2 is 2.19 bits per heavy atom. The second-order valence-corrected chi connectivity index (χ2v) is 4.27. The molecule has 0 aliphatic heterocycles. The number of benzene rings is 1. The Kier molecular flexibility index (Phi) is 2.90. The van der Waals surface area contributed by atoms with Crippen molar-refractivity contribution in [2.45, 2.75) is 19.9 Å². The topological polar surface area (TPSA) is 29.1 Å². The molecular formula is C12H13F2NO. The van der Waals surface area contributed by atoms with Crippen molar-refractivity contribution in [3.05, 3.63) is 35.4 Å². The van der Waals surface area contributed by atoms with Gasteiger partial charge in [0.1, 0.15) is 11.6 Å². The Labute approximate surface area is 92.7 Å². The van der Waals surface area contributed by atoms with Crippen molar-refractivity contribution in [3.63, 3.8) is 0 Å². The first kappa shape index (κ1) is 11.0. The summed E-state index contributed by atoms with van der Waals surface area (Å²) < 4.78 is 26.0. The first-order chi connectivity index (χ1) is 7.58. The van der Waals surface area contributed by atoms with Gasteiger partial charge in [0.15, 0.2) is 0 Å². The molecule has 1 N–H and O–H groups in total. The second kappa shape index (κ2) is 4.20. The Bertz CT molecular complexity index is 419. The van der Waals surface area contributed by atoms with Crippen molar-refractivity contribution in [1.29, 1.82) is 0 Å². The van der Waals surface area contributed by atoms with E-state index >= 15 is 0 Å². The van der Waals surface area contributed by atoms with Gasteiger partial charge < -0.3 is 5.32 Å². The first-order valence-electron chi connectivity index (χ1n) is 5.29. The molecule has 2 rings (SSSR count). The third-order valence-electron chi connectivity index (χ3n) is 2.91. The third-order valence-corrected chi connectivity index (χ3v) is 2.91. The largest absolute Gasteiger partial charge is 0.352 e. The summed E-state index contributed by atoms with van der Waals surface area (Å²) >= 11 is 0. The zero-order valence-electron chi connectivity index (χ0n) is 8.97. The van der Waals surface area contributed by atoms with Gasteiger partial charge in [-0.05, 0) is 30.5 Å². The highest BCUT2D eigenvalue weighted by Gasteiger charge is 2.38. The van der Waals surface area contributed by atoms with Gasteiger partial charge in [-0.15, -0.1) is 0 Å². The van der Waals surface area contributed by atoms with Crippen molar-refractivity contribution in [3.8, 4) is 0 Å². The molecule has 0 unspecified atom stereocenters. The van der Waals surface area contributed by atoms with Crippen LogP contribution in [0.5, 0.6) is 0 Å². The molecule has 1 aliphatic rings. The lowest BCUT2D eigenvalue weighted by Crippen LogP contribution is -2.25. The molecule has 2 atom stereocenters. The highest BCUT2D eigenvalue weighted by molar-refractivity contribution is 5.81. The summed E-state index contributed by atoms with van der Waals surface area (Å²) in [5.74, 6) is -0.596. The van der Waals surface area contributed by atoms with Crippen LogP contribution in [0.3, 0.4) is 0 Å². The average molecular weight is 225 g/mol. The van der Waals surface area contributed by atoms with Crippen LogP contribution in [-0.2, 0) is 11.3 Å². The zero-order valence-corrected chi connectivity index (χ0v) is 8.97. The van der Waals surface area contributed by atoms with Crippen LogP contribution >= 0.6 is 0 Å². The van der Waals surface area contributed by atoms with E-state index in [9.17, 15) is 13.6 Å². The monoisotopic (exact) mass is 225 g/mol. The minimum absolute atomic E-state index is 0.0473. The zero-order chi connectivity index (χ0) is 11.7. The number of carbonyl (C=O) groups is 1. The quantitative estimate of drug-likeness (QED) is 0.839. The molecule has 0 saturated heterocycles. The van der Waals surface area contributed by atoms with Gasteiger partial charge in [0.2, 0.25) is 5.91 Å². The molecule has 0 radical (unpaired) electrons. The fourth-order valence-corrected chi connectivity index (χ4v) is 1.68. The van der Waals surface area contributed by atoms with E-state index in [0.717, 1.165) is 24.6 Å². The summed E-state index contributed by atoms with van der Waals surface area (Å²) in [4.78, 5) is 11.5. The summed E-state index contributed by atoms with van der Waals surface area (Å²) in [7, 11) is 0. The smallest absolute Gasteiger partial charge is 0.223 e. The van der Waals surface area contributed by atoms with Crippen molar-refractivity contribution >= 4 is 5.91 Å². The number of amides is 1. The van der Waals surface area contributed by atoms with E-state index in [1.807, 2.05) is 6.92 Å². The SMILES string of the molecule is C[C@@H]1C[C@@H]1C(=O)NCc1cc(F)ccc1F. The summed E-state index contributed by atoms with van der Waals surface area (Å²) in [6.07, 6.45) is 0.886. The molecule has 0 aromatic heterocycles. The number of hydrogen-bond acceptors (Lipinski definition) is 1. The van der Waals surface area contributed by atoms with Crippen LogP contribution in [0.15, 0.2) is 18.2 Å². The van der Waals surface area contributed by atoms with Gasteiger partial charge in [0.25, 0.3) is 0 Å². The van der Waals surface area contributed by atoms with E-state index in [4.69, 9.17) is 0 Å². The maximum absolute atomic E-state index is 13.2. The van der Waals surface area contributed by atoms with Crippen LogP contribution in [0.1, 0.15) is 18.9 Å². The predicted octanol–water partition coefficient (Wildman–Crippen LogP) is 2.24. The molecule has 1 aromatic rings. The van der Waals surface area contributed by atoms with E-state index in [1.165, 1.54) is 0 Å². The summed E-state index contributed by atoms with van der Waals surface area (Å²) in [5, 5.41) is 2.61. The van der Waals surface area contributed by atoms with Crippen LogP contribution in [0.25, 0.3) is 0 Å². The summed E-state index contributed by atoms with van der Waals surface area (Å²) in [6.45, 7) is 2.04. The molecule has 1 fully saturated rings. The fraction of sp³-hybridized carbons (Fsp3) is 0.417. The minimum Gasteiger partial charge on any atom is -0.352 e. The van der Waals surface area contributed by atoms with Crippen LogP contribution in [0, 0.1) is 23.5 Å². The Morgan fingerprint density at radius 1 is 1.50 bits per heavy atom. The molecule has 1 aromatic carbocycles. The fourth-order valence-electron chi connectivity index (χ4n) is 1.68. The summed E-state index contributed by atoms with van der Waals surface area (Å²) in [6, 6.07) is 3.23. The average Bonchev–Trinajstić information content (AvgIpc) is 2.97. The maximum atomic E-state index is 13.2. The van der Waals surface area contributed by atoms with Gasteiger partial charge >= 0.3 is 0 Å². The van der Waals surface area contributed by atoms with Gasteiger partial charge in [-0.1, -0.05) is 6.92 Å². The van der Waals surface area contributed by atoms with Crippen molar-refractivity contribution < 1.29 is 13.6 Å². The van der Waals surface area contributed by atoms with Crippen LogP contribution in [0.4, 0.5) is 8.78 Å². The van der Waals surface area contributed by atoms with Gasteiger partial charge in [0.05, 0.1) is 0 Å². The molecule has 1 saturated carbocycles. The maximum Gasteiger partial charge on any atom is 0.223 e. The van der Waals surface area contributed by atoms with Gasteiger partial charge in [-0.25, -0.2) is 8.78 Å². The number of carbonyl (C=O) groups excluding carboxylic acids is 1. The first-order valence-corrected chi connectivity index (χ1v) is 5.29. The minimum atomic E-state index is -0.495. The molecule has 0 bridgehead atoms. The Morgan fingerprint density at radius 3 is 2.81 bits per heavy atom. The molecule has 2 nitrogen and oxygen atoms in total. The number of hydrogen-bond donors (Lipinski definition) is 1. The van der Waals surface area contributed by atoms with Crippen LogP contribution in [0.2, 0.25) is 0 Å². The number of halogens is 2. The van der Waals surface area contributed by atoms with Crippen LogP contribution in [-0.4, -0.2) is 5.91 Å². The van der Waals surface area contributed by atoms with Crippen molar-refractivity contribution in [2.75, 3.05) is 0 Å². The molecule has 16 heavy (non-hydrogen) atoms. The standard InChI is InChI=1S/C12H13F2NO/c1-7-4-10(7)12(16)15-6-8-5-9(13)2-3-11(8)14/h2-3,5,7,10H,4,6H2,1H3,(H,15,16)/t7-,10+/m1/s1. The van der Waals surface area contributed by atoms with Gasteiger partial charge in [0, 0.05) is 18.0 Å². The predicted molar refractivity (Wildman–Crippen MR) is 55.5 cm³/mol. The van der Waals surface area contributed by atoms with E-state index < -0.39 is 11.6 Å². The molecule has 0 spiro atoms. The normalized spacial score (nSPS) is 22.9. The Hall–Kier alpha value is -1.45. The Balaban J connectivity index is 1.94. The van der Waals surface area contributed by atoms with Crippen molar-refractivity contribution in [2.24, 2.45) is 11.8 Å². The lowest BCUT2D eigenvalue weighted by atomic mass is 10.2. The molecular weight excluding hydrogens is 212 g/mol. The third kappa shape index (κ3) is 2.38. The van der Waals surface area contributed by atoms with Gasteiger partial charge in [-0.2, -0.15) is 0 Å². The van der Waals surface area contributed by atoms with Crippen LogP contribution < -0.4 is 5.32 Å². The lowest BCUT2D eigenvalue weighted by Gasteiger charge is -2.05. The number of nitrogens with one attached hydrogen (secondary N) is 1. The highest BCUT2D eigenvalue weighted by atomic mass is 19.1. The molecule has 4 heteroatoms. The molecule has 86 valence electrons. The summed E-state index contributed by atoms with van der Waals surface area (Å²) in [5.41, 5.74) is 0.182. The van der Waals surface area contributed by atoms with E-state index in [1.54, 1.807) is 0 Å².